The number of hydrogen-bond acceptors (Lipinski definition) is 4. The maximum absolute atomic E-state index is 11.7. The normalized spacial score (nSPS) is 17.2. The molecule has 4 nitrogen and oxygen atoms in total. The molecule has 0 radical (unpaired) electrons. The van der Waals surface area contributed by atoms with Gasteiger partial charge in [-0.3, -0.25) is 9.63 Å². The van der Waals surface area contributed by atoms with Crippen LogP contribution in [0.3, 0.4) is 0 Å². The average molecular weight is 220 g/mol. The Morgan fingerprint density at radius 3 is 2.62 bits per heavy atom. The van der Waals surface area contributed by atoms with E-state index in [0.29, 0.717) is 5.56 Å². The van der Waals surface area contributed by atoms with E-state index in [-0.39, 0.29) is 12.4 Å². The molecule has 1 aromatic rings. The van der Waals surface area contributed by atoms with Crippen LogP contribution in [0.1, 0.15) is 10.4 Å². The first kappa shape index (κ1) is 11.3. The summed E-state index contributed by atoms with van der Waals surface area (Å²) in [5.41, 5.74) is 0.706. The highest BCUT2D eigenvalue weighted by Crippen LogP contribution is 2.01. The maximum Gasteiger partial charge on any atom is 0.190 e. The predicted octanol–water partition coefficient (Wildman–Crippen LogP) is 0.706. The molecule has 0 atom stereocenters. The molecule has 86 valence electrons. The number of rotatable bonds is 4. The Balaban J connectivity index is 1.79. The van der Waals surface area contributed by atoms with Crippen molar-refractivity contribution in [3.05, 3.63) is 35.9 Å². The molecule has 0 aromatic heterocycles. The summed E-state index contributed by atoms with van der Waals surface area (Å²) < 4.78 is 0. The molecule has 1 heterocycles. The van der Waals surface area contributed by atoms with Gasteiger partial charge in [-0.2, -0.15) is 5.06 Å². The third-order valence-corrected chi connectivity index (χ3v) is 2.55. The molecular weight excluding hydrogens is 204 g/mol. The predicted molar refractivity (Wildman–Crippen MR) is 61.2 cm³/mol. The van der Waals surface area contributed by atoms with Gasteiger partial charge in [0.2, 0.25) is 0 Å². The topological polar surface area (TPSA) is 41.6 Å². The fourth-order valence-corrected chi connectivity index (χ4v) is 1.63. The smallest absolute Gasteiger partial charge is 0.190 e. The van der Waals surface area contributed by atoms with Gasteiger partial charge in [0.15, 0.2) is 5.78 Å². The Bertz CT molecular complexity index is 334. The number of nitrogens with zero attached hydrogens (tertiary/aromatic N) is 1. The fraction of sp³-hybridized carbons (Fsp3) is 0.417. The summed E-state index contributed by atoms with van der Waals surface area (Å²) in [5.74, 6) is 0.0270. The highest BCUT2D eigenvalue weighted by atomic mass is 16.7. The number of nitrogens with one attached hydrogen (secondary N) is 1. The second kappa shape index (κ2) is 5.75. The van der Waals surface area contributed by atoms with Crippen molar-refractivity contribution >= 4 is 5.78 Å². The lowest BCUT2D eigenvalue weighted by atomic mass is 10.1. The Morgan fingerprint density at radius 2 is 1.94 bits per heavy atom. The van der Waals surface area contributed by atoms with Crippen molar-refractivity contribution in [2.24, 2.45) is 0 Å². The number of hydroxylamine groups is 2. The van der Waals surface area contributed by atoms with Crippen molar-refractivity contribution in [3.63, 3.8) is 0 Å². The highest BCUT2D eigenvalue weighted by Gasteiger charge is 2.12. The Morgan fingerprint density at radius 1 is 1.25 bits per heavy atom. The zero-order chi connectivity index (χ0) is 11.2. The van der Waals surface area contributed by atoms with Crippen LogP contribution in [-0.2, 0) is 4.84 Å². The van der Waals surface area contributed by atoms with Crippen LogP contribution < -0.4 is 5.32 Å². The summed E-state index contributed by atoms with van der Waals surface area (Å²) in [6, 6.07) is 9.23. The van der Waals surface area contributed by atoms with Gasteiger partial charge in [-0.25, -0.2) is 0 Å². The van der Waals surface area contributed by atoms with Gasteiger partial charge in [0.05, 0.1) is 0 Å². The van der Waals surface area contributed by atoms with Crippen LogP contribution in [-0.4, -0.2) is 43.6 Å². The lowest BCUT2D eigenvalue weighted by Gasteiger charge is -2.25. The third-order valence-electron chi connectivity index (χ3n) is 2.55. The number of piperazine rings is 1. The van der Waals surface area contributed by atoms with Crippen LogP contribution in [0.25, 0.3) is 0 Å². The van der Waals surface area contributed by atoms with E-state index in [4.69, 9.17) is 4.84 Å². The molecule has 4 heteroatoms. The molecule has 0 amide bonds. The lowest BCUT2D eigenvalue weighted by Crippen LogP contribution is -2.43. The maximum atomic E-state index is 11.7. The first-order valence-electron chi connectivity index (χ1n) is 5.53. The van der Waals surface area contributed by atoms with Gasteiger partial charge >= 0.3 is 0 Å². The van der Waals surface area contributed by atoms with E-state index in [0.717, 1.165) is 26.2 Å². The van der Waals surface area contributed by atoms with Gasteiger partial charge in [0, 0.05) is 31.7 Å². The van der Waals surface area contributed by atoms with Gasteiger partial charge in [-0.15, -0.1) is 0 Å². The van der Waals surface area contributed by atoms with Crippen LogP contribution in [0.2, 0.25) is 0 Å². The number of hydrogen-bond donors (Lipinski definition) is 1. The summed E-state index contributed by atoms with van der Waals surface area (Å²) in [6.45, 7) is 3.63. The van der Waals surface area contributed by atoms with Gasteiger partial charge in [0.25, 0.3) is 0 Å². The zero-order valence-electron chi connectivity index (χ0n) is 9.19. The van der Waals surface area contributed by atoms with Crippen LogP contribution in [0, 0.1) is 0 Å². The highest BCUT2D eigenvalue weighted by molar-refractivity contribution is 5.96. The SMILES string of the molecule is O=C(CON1CCNCC1)c1ccccc1. The minimum Gasteiger partial charge on any atom is -0.314 e. The summed E-state index contributed by atoms with van der Waals surface area (Å²) in [4.78, 5) is 17.2. The number of benzene rings is 1. The van der Waals surface area contributed by atoms with Crippen molar-refractivity contribution in [2.75, 3.05) is 32.8 Å². The molecule has 0 bridgehead atoms. The number of carbonyl (C=O) groups is 1. The van der Waals surface area contributed by atoms with Gasteiger partial charge in [0.1, 0.15) is 6.61 Å². The second-order valence-electron chi connectivity index (χ2n) is 3.74. The number of ketones is 1. The first-order valence-corrected chi connectivity index (χ1v) is 5.53. The van der Waals surface area contributed by atoms with Gasteiger partial charge < -0.3 is 5.32 Å². The molecule has 0 saturated carbocycles. The number of Topliss-reactive ketones (excluding diaryl/α,β-unsaturated/α-hetero) is 1. The number of carbonyl (C=O) groups excluding carboxylic acids is 1. The summed E-state index contributed by atoms with van der Waals surface area (Å²) >= 11 is 0. The van der Waals surface area contributed by atoms with Crippen molar-refractivity contribution in [1.82, 2.24) is 10.4 Å². The molecule has 0 spiro atoms. The van der Waals surface area contributed by atoms with Crippen molar-refractivity contribution in [2.45, 2.75) is 0 Å². The van der Waals surface area contributed by atoms with Crippen LogP contribution in [0.4, 0.5) is 0 Å². The Kier molecular flexibility index (Phi) is 4.04. The minimum absolute atomic E-state index is 0.0270. The first-order chi connectivity index (χ1) is 7.86. The molecule has 0 aliphatic carbocycles. The Labute approximate surface area is 95.2 Å². The average Bonchev–Trinajstić information content (AvgIpc) is 2.38. The van der Waals surface area contributed by atoms with Crippen molar-refractivity contribution < 1.29 is 9.63 Å². The third kappa shape index (κ3) is 3.13. The van der Waals surface area contributed by atoms with E-state index in [1.807, 2.05) is 35.4 Å². The van der Waals surface area contributed by atoms with Crippen molar-refractivity contribution in [1.29, 1.82) is 0 Å². The molecule has 1 aliphatic heterocycles. The molecule has 2 rings (SSSR count). The quantitative estimate of drug-likeness (QED) is 0.759. The van der Waals surface area contributed by atoms with E-state index < -0.39 is 0 Å². The van der Waals surface area contributed by atoms with E-state index in [2.05, 4.69) is 5.32 Å². The van der Waals surface area contributed by atoms with E-state index >= 15 is 0 Å². The molecule has 1 fully saturated rings. The zero-order valence-corrected chi connectivity index (χ0v) is 9.19. The van der Waals surface area contributed by atoms with E-state index in [1.54, 1.807) is 0 Å². The van der Waals surface area contributed by atoms with Crippen LogP contribution >= 0.6 is 0 Å². The molecule has 1 saturated heterocycles. The summed E-state index contributed by atoms with van der Waals surface area (Å²) in [7, 11) is 0. The van der Waals surface area contributed by atoms with Crippen LogP contribution in [0.5, 0.6) is 0 Å². The van der Waals surface area contributed by atoms with E-state index in [9.17, 15) is 4.79 Å². The molecular formula is C12H16N2O2. The minimum atomic E-state index is 0.0270. The molecule has 1 aromatic carbocycles. The second-order valence-corrected chi connectivity index (χ2v) is 3.74. The van der Waals surface area contributed by atoms with Gasteiger partial charge in [-0.1, -0.05) is 30.3 Å². The van der Waals surface area contributed by atoms with Crippen molar-refractivity contribution in [3.8, 4) is 0 Å². The molecule has 16 heavy (non-hydrogen) atoms. The van der Waals surface area contributed by atoms with Gasteiger partial charge in [-0.05, 0) is 0 Å². The standard InChI is InChI=1S/C12H16N2O2/c15-12(11-4-2-1-3-5-11)10-16-14-8-6-13-7-9-14/h1-5,13H,6-10H2. The molecule has 0 unspecified atom stereocenters. The van der Waals surface area contributed by atoms with Crippen LogP contribution in [0.15, 0.2) is 30.3 Å². The fourth-order valence-electron chi connectivity index (χ4n) is 1.63. The van der Waals surface area contributed by atoms with E-state index in [1.165, 1.54) is 0 Å². The largest absolute Gasteiger partial charge is 0.314 e. The molecule has 1 N–H and O–H groups in total. The lowest BCUT2D eigenvalue weighted by molar-refractivity contribution is -0.153. The summed E-state index contributed by atoms with van der Waals surface area (Å²) in [6.07, 6.45) is 0. The Hall–Kier alpha value is -1.23. The molecule has 1 aliphatic rings. The monoisotopic (exact) mass is 220 g/mol. The summed E-state index contributed by atoms with van der Waals surface area (Å²) in [5, 5.41) is 5.07.